The van der Waals surface area contributed by atoms with E-state index in [0.29, 0.717) is 19.3 Å². The van der Waals surface area contributed by atoms with E-state index in [-0.39, 0.29) is 6.29 Å². The molecule has 2 atom stereocenters. The van der Waals surface area contributed by atoms with Gasteiger partial charge < -0.3 is 14.2 Å². The lowest BCUT2D eigenvalue weighted by Crippen LogP contribution is -2.17. The molecule has 0 aromatic carbocycles. The normalized spacial score (nSPS) is 14.4. The molecule has 0 N–H and O–H groups in total. The second-order valence-electron chi connectivity index (χ2n) is 5.62. The van der Waals surface area contributed by atoms with Crippen LogP contribution in [0.1, 0.15) is 78.6 Å². The van der Waals surface area contributed by atoms with Gasteiger partial charge in [0.05, 0.1) is 19.3 Å². The largest absolute Gasteiger partial charge is 0.376 e. The number of unbranched alkanes of at least 4 members (excludes halogenated alkanes) is 7. The van der Waals surface area contributed by atoms with Gasteiger partial charge in [0.15, 0.2) is 6.29 Å². The van der Waals surface area contributed by atoms with Gasteiger partial charge in [-0.25, -0.2) is 0 Å². The van der Waals surface area contributed by atoms with E-state index >= 15 is 0 Å². The molecule has 3 nitrogen and oxygen atoms in total. The zero-order valence-corrected chi connectivity index (χ0v) is 14.2. The Morgan fingerprint density at radius 2 is 1.30 bits per heavy atom. The standard InChI is InChI=1S/C17H36O3/c1-5-6-7-8-9-10-11-12-13-16(2)19-14-15-20-17(3)18-4/h16-17H,5-15H2,1-4H3. The molecule has 0 aliphatic carbocycles. The van der Waals surface area contributed by atoms with Crippen LogP contribution in [0, 0.1) is 0 Å². The molecule has 0 aliphatic heterocycles. The number of hydrogen-bond acceptors (Lipinski definition) is 3. The van der Waals surface area contributed by atoms with E-state index in [1.54, 1.807) is 7.11 Å². The van der Waals surface area contributed by atoms with Gasteiger partial charge in [0.2, 0.25) is 0 Å². The van der Waals surface area contributed by atoms with E-state index in [1.807, 2.05) is 6.92 Å². The smallest absolute Gasteiger partial charge is 0.154 e. The summed E-state index contributed by atoms with van der Waals surface area (Å²) in [6, 6.07) is 0. The van der Waals surface area contributed by atoms with Crippen molar-refractivity contribution >= 4 is 0 Å². The third kappa shape index (κ3) is 14.3. The molecule has 0 fully saturated rings. The molecule has 0 spiro atoms. The number of ether oxygens (including phenoxy) is 3. The maximum absolute atomic E-state index is 5.72. The summed E-state index contributed by atoms with van der Waals surface area (Å²) in [5.41, 5.74) is 0. The molecular weight excluding hydrogens is 252 g/mol. The molecule has 0 amide bonds. The molecule has 0 rings (SSSR count). The summed E-state index contributed by atoms with van der Waals surface area (Å²) in [5, 5.41) is 0. The van der Waals surface area contributed by atoms with E-state index in [4.69, 9.17) is 14.2 Å². The van der Waals surface area contributed by atoms with Crippen LogP contribution in [0.15, 0.2) is 0 Å². The third-order valence-electron chi connectivity index (χ3n) is 3.63. The molecule has 0 saturated carbocycles. The topological polar surface area (TPSA) is 27.7 Å². The average Bonchev–Trinajstić information content (AvgIpc) is 2.46. The summed E-state index contributed by atoms with van der Waals surface area (Å²) in [5.74, 6) is 0. The van der Waals surface area contributed by atoms with E-state index in [1.165, 1.54) is 51.4 Å². The lowest BCUT2D eigenvalue weighted by atomic mass is 10.1. The molecule has 122 valence electrons. The Morgan fingerprint density at radius 1 is 0.750 bits per heavy atom. The van der Waals surface area contributed by atoms with Gasteiger partial charge in [-0.2, -0.15) is 0 Å². The van der Waals surface area contributed by atoms with E-state index < -0.39 is 0 Å². The molecular formula is C17H36O3. The number of hydrogen-bond donors (Lipinski definition) is 0. The van der Waals surface area contributed by atoms with Gasteiger partial charge >= 0.3 is 0 Å². The van der Waals surface area contributed by atoms with Crippen LogP contribution in [-0.4, -0.2) is 32.7 Å². The zero-order chi connectivity index (χ0) is 15.1. The van der Waals surface area contributed by atoms with Crippen LogP contribution in [0.5, 0.6) is 0 Å². The molecule has 0 saturated heterocycles. The van der Waals surface area contributed by atoms with Crippen LogP contribution in [0.2, 0.25) is 0 Å². The first kappa shape index (κ1) is 19.9. The fourth-order valence-corrected chi connectivity index (χ4v) is 2.18. The van der Waals surface area contributed by atoms with Gasteiger partial charge in [0, 0.05) is 7.11 Å². The highest BCUT2D eigenvalue weighted by molar-refractivity contribution is 4.52. The predicted molar refractivity (Wildman–Crippen MR) is 85.1 cm³/mol. The Hall–Kier alpha value is -0.120. The predicted octanol–water partition coefficient (Wildman–Crippen LogP) is 4.93. The van der Waals surface area contributed by atoms with Gasteiger partial charge in [0.1, 0.15) is 0 Å². The Balaban J connectivity index is 3.18. The molecule has 0 radical (unpaired) electrons. The molecule has 0 heterocycles. The van der Waals surface area contributed by atoms with Crippen LogP contribution in [0.3, 0.4) is 0 Å². The highest BCUT2D eigenvalue weighted by Crippen LogP contribution is 2.11. The van der Waals surface area contributed by atoms with E-state index in [0.717, 1.165) is 6.42 Å². The fraction of sp³-hybridized carbons (Fsp3) is 1.00. The van der Waals surface area contributed by atoms with Crippen LogP contribution in [-0.2, 0) is 14.2 Å². The quantitative estimate of drug-likeness (QED) is 0.316. The summed E-state index contributed by atoms with van der Waals surface area (Å²) in [7, 11) is 1.65. The number of methoxy groups -OCH3 is 1. The monoisotopic (exact) mass is 288 g/mol. The van der Waals surface area contributed by atoms with Crippen molar-refractivity contribution in [1.29, 1.82) is 0 Å². The molecule has 0 aromatic heterocycles. The van der Waals surface area contributed by atoms with Gasteiger partial charge in [-0.3, -0.25) is 0 Å². The first-order valence-corrected chi connectivity index (χ1v) is 8.46. The van der Waals surface area contributed by atoms with Crippen LogP contribution in [0.4, 0.5) is 0 Å². The maximum Gasteiger partial charge on any atom is 0.154 e. The SMILES string of the molecule is CCCCCCCCCCC(C)OCCOC(C)OC. The van der Waals surface area contributed by atoms with Gasteiger partial charge in [-0.05, 0) is 20.3 Å². The van der Waals surface area contributed by atoms with Crippen LogP contribution in [0.25, 0.3) is 0 Å². The van der Waals surface area contributed by atoms with Crippen molar-refractivity contribution in [2.24, 2.45) is 0 Å². The Kier molecular flexibility index (Phi) is 15.2. The molecule has 0 aromatic rings. The average molecular weight is 288 g/mol. The van der Waals surface area contributed by atoms with Gasteiger partial charge in [-0.1, -0.05) is 58.3 Å². The van der Waals surface area contributed by atoms with E-state index in [2.05, 4.69) is 13.8 Å². The lowest BCUT2D eigenvalue weighted by molar-refractivity contribution is -0.125. The number of rotatable bonds is 15. The van der Waals surface area contributed by atoms with Crippen LogP contribution >= 0.6 is 0 Å². The Morgan fingerprint density at radius 3 is 1.90 bits per heavy atom. The highest BCUT2D eigenvalue weighted by Gasteiger charge is 2.03. The summed E-state index contributed by atoms with van der Waals surface area (Å²) >= 11 is 0. The first-order chi connectivity index (χ1) is 9.70. The minimum Gasteiger partial charge on any atom is -0.376 e. The molecule has 0 bridgehead atoms. The van der Waals surface area contributed by atoms with Crippen molar-refractivity contribution in [3.8, 4) is 0 Å². The zero-order valence-electron chi connectivity index (χ0n) is 14.2. The Bertz CT molecular complexity index is 185. The summed E-state index contributed by atoms with van der Waals surface area (Å²) in [6.07, 6.45) is 12.3. The van der Waals surface area contributed by atoms with Crippen molar-refractivity contribution in [3.05, 3.63) is 0 Å². The lowest BCUT2D eigenvalue weighted by Gasteiger charge is -2.15. The fourth-order valence-electron chi connectivity index (χ4n) is 2.18. The van der Waals surface area contributed by atoms with Gasteiger partial charge in [0.25, 0.3) is 0 Å². The van der Waals surface area contributed by atoms with E-state index in [9.17, 15) is 0 Å². The molecule has 2 unspecified atom stereocenters. The maximum atomic E-state index is 5.72. The molecule has 3 heteroatoms. The van der Waals surface area contributed by atoms with Gasteiger partial charge in [-0.15, -0.1) is 0 Å². The second-order valence-corrected chi connectivity index (χ2v) is 5.62. The van der Waals surface area contributed by atoms with Crippen molar-refractivity contribution in [2.75, 3.05) is 20.3 Å². The van der Waals surface area contributed by atoms with Crippen LogP contribution < -0.4 is 0 Å². The second kappa shape index (κ2) is 15.3. The molecule has 0 aliphatic rings. The minimum absolute atomic E-state index is 0.137. The summed E-state index contributed by atoms with van der Waals surface area (Å²) in [6.45, 7) is 7.58. The third-order valence-corrected chi connectivity index (χ3v) is 3.63. The first-order valence-electron chi connectivity index (χ1n) is 8.46. The molecule has 20 heavy (non-hydrogen) atoms. The van der Waals surface area contributed by atoms with Crippen molar-refractivity contribution in [1.82, 2.24) is 0 Å². The van der Waals surface area contributed by atoms with Crippen molar-refractivity contribution in [3.63, 3.8) is 0 Å². The summed E-state index contributed by atoms with van der Waals surface area (Å²) < 4.78 is 16.1. The minimum atomic E-state index is -0.137. The van der Waals surface area contributed by atoms with Crippen molar-refractivity contribution < 1.29 is 14.2 Å². The highest BCUT2D eigenvalue weighted by atomic mass is 16.7. The van der Waals surface area contributed by atoms with Crippen molar-refractivity contribution in [2.45, 2.75) is 91.0 Å². The Labute approximate surface area is 126 Å². The summed E-state index contributed by atoms with van der Waals surface area (Å²) in [4.78, 5) is 0.